The summed E-state index contributed by atoms with van der Waals surface area (Å²) in [5, 5.41) is 7.02. The number of carbonyl (C=O) groups is 4. The Kier molecular flexibility index (Phi) is 10.8. The van der Waals surface area contributed by atoms with Crippen molar-refractivity contribution in [3.63, 3.8) is 0 Å². The monoisotopic (exact) mass is 854 g/mol. The number of aromatic nitrogens is 3. The third-order valence-electron chi connectivity index (χ3n) is 11.7. The van der Waals surface area contributed by atoms with Crippen LogP contribution in [0.15, 0.2) is 60.8 Å². The largest absolute Gasteiger partial charge is 0.573 e. The summed E-state index contributed by atoms with van der Waals surface area (Å²) in [5.74, 6) is -4.24. The van der Waals surface area contributed by atoms with Gasteiger partial charge in [-0.05, 0) is 80.8 Å². The molecule has 2 aromatic carbocycles. The zero-order valence-corrected chi connectivity index (χ0v) is 33.2. The summed E-state index contributed by atoms with van der Waals surface area (Å²) in [6.45, 7) is -0.205. The van der Waals surface area contributed by atoms with E-state index < -0.39 is 92.6 Å². The molecule has 5 atom stereocenters. The summed E-state index contributed by atoms with van der Waals surface area (Å²) in [4.78, 5) is 62.3. The van der Waals surface area contributed by atoms with Gasteiger partial charge >= 0.3 is 6.36 Å². The fraction of sp³-hybridized carbons (Fsp3) is 0.463. The van der Waals surface area contributed by atoms with E-state index in [1.165, 1.54) is 27.8 Å². The van der Waals surface area contributed by atoms with Gasteiger partial charge < -0.3 is 19.7 Å². The van der Waals surface area contributed by atoms with E-state index in [4.69, 9.17) is 4.74 Å². The molecule has 14 nitrogen and oxygen atoms in total. The zero-order chi connectivity index (χ0) is 42.6. The fourth-order valence-electron chi connectivity index (χ4n) is 8.33. The molecule has 60 heavy (non-hydrogen) atoms. The lowest BCUT2D eigenvalue weighted by molar-refractivity contribution is -0.274. The number of nitrogens with zero attached hydrogens (tertiary/aromatic N) is 4. The number of rotatable bonds is 8. The summed E-state index contributed by atoms with van der Waals surface area (Å²) >= 11 is 0. The van der Waals surface area contributed by atoms with Crippen molar-refractivity contribution in [3.05, 3.63) is 72.3 Å². The normalized spacial score (nSPS) is 25.8. The molecule has 2 aromatic heterocycles. The molecule has 0 unspecified atom stereocenters. The first-order valence-electron chi connectivity index (χ1n) is 19.8. The van der Waals surface area contributed by atoms with Crippen molar-refractivity contribution in [3.8, 4) is 11.6 Å². The van der Waals surface area contributed by atoms with Crippen molar-refractivity contribution in [2.75, 3.05) is 6.54 Å². The van der Waals surface area contributed by atoms with Crippen molar-refractivity contribution < 1.29 is 54.6 Å². The third-order valence-corrected chi connectivity index (χ3v) is 13.5. The standard InChI is InChI=1S/C41H42F4N6O8S/c1-50-16-15-31(48-50)36(53)46-32-8-6-4-2-3-5-7-23-20-40(23,39(55)49-60(56,57)27-11-12-27)21-35(52)34-19-26(22-51(34)38(32)54)58-37-29-14-10-25(59-41(43,44)45)18-30(29)28-13-9-24(42)17-33(28)47-37/h5,7,9-10,13-18,23,26-27,32,34H,2-4,6,8,11-12,19-22H2,1H3,(H,46,53)(H,49,55)/b7-5-/t23-,26-,32+,34+,40-/m1/s1. The lowest BCUT2D eigenvalue weighted by atomic mass is 9.91. The second-order valence-corrected chi connectivity index (χ2v) is 18.0. The summed E-state index contributed by atoms with van der Waals surface area (Å²) in [7, 11) is -2.31. The van der Waals surface area contributed by atoms with E-state index in [1.807, 2.05) is 12.2 Å². The SMILES string of the molecule is Cn1ccc(C(=O)N[C@H]2CCCCC/C=C\[C@@H]3C[C@@]3(C(=O)NS(=O)(=O)C3CC3)CC(=O)[C@@H]3C[C@@H](Oc4nc5cc(F)ccc5c5cc(OC(F)(F)F)ccc45)CN3C2=O)n1. The van der Waals surface area contributed by atoms with Gasteiger partial charge in [-0.25, -0.2) is 17.8 Å². The smallest absolute Gasteiger partial charge is 0.472 e. The van der Waals surface area contributed by atoms with Gasteiger partial charge in [0.15, 0.2) is 5.78 Å². The van der Waals surface area contributed by atoms with E-state index in [1.54, 1.807) is 13.2 Å². The van der Waals surface area contributed by atoms with Gasteiger partial charge in [0.05, 0.1) is 28.8 Å². The first-order valence-corrected chi connectivity index (χ1v) is 21.4. The fourth-order valence-corrected chi connectivity index (χ4v) is 9.71. The number of ketones is 1. The Hall–Kier alpha value is -5.59. The summed E-state index contributed by atoms with van der Waals surface area (Å²) in [6.07, 6.45) is 2.78. The Balaban J connectivity index is 1.14. The molecule has 3 fully saturated rings. The van der Waals surface area contributed by atoms with Crippen LogP contribution >= 0.6 is 0 Å². The van der Waals surface area contributed by atoms with Crippen LogP contribution in [0.2, 0.25) is 0 Å². The Morgan fingerprint density at radius 2 is 1.77 bits per heavy atom. The van der Waals surface area contributed by atoms with Gasteiger partial charge in [0.1, 0.15) is 29.4 Å². The number of halogens is 4. The van der Waals surface area contributed by atoms with Crippen molar-refractivity contribution >= 4 is 55.2 Å². The van der Waals surface area contributed by atoms with Crippen molar-refractivity contribution in [2.24, 2.45) is 18.4 Å². The number of hydrogen-bond donors (Lipinski definition) is 2. The van der Waals surface area contributed by atoms with Gasteiger partial charge in [0.2, 0.25) is 27.7 Å². The van der Waals surface area contributed by atoms with Gasteiger partial charge in [0.25, 0.3) is 5.91 Å². The highest BCUT2D eigenvalue weighted by Gasteiger charge is 2.61. The Labute approximate surface area is 341 Å². The van der Waals surface area contributed by atoms with Crippen LogP contribution in [0.25, 0.3) is 21.7 Å². The maximum atomic E-state index is 14.7. The first kappa shape index (κ1) is 41.2. The molecule has 3 amide bonds. The number of ether oxygens (including phenoxy) is 2. The minimum atomic E-state index is -4.99. The molecule has 8 rings (SSSR count). The highest BCUT2D eigenvalue weighted by Crippen LogP contribution is 2.57. The molecule has 2 aliphatic heterocycles. The molecular weight excluding hydrogens is 813 g/mol. The van der Waals surface area contributed by atoms with E-state index >= 15 is 0 Å². The van der Waals surface area contributed by atoms with E-state index in [0.717, 1.165) is 30.7 Å². The number of aryl methyl sites for hydroxylation is 1. The second-order valence-electron chi connectivity index (χ2n) is 16.1. The van der Waals surface area contributed by atoms with Crippen molar-refractivity contribution in [2.45, 2.75) is 94.0 Å². The quantitative estimate of drug-likeness (QED) is 0.133. The Bertz CT molecular complexity index is 2520. The van der Waals surface area contributed by atoms with Crippen LogP contribution in [-0.4, -0.2) is 87.9 Å². The van der Waals surface area contributed by atoms with E-state index in [9.17, 15) is 45.2 Å². The average Bonchev–Trinajstić information content (AvgIpc) is 4.07. The van der Waals surface area contributed by atoms with Gasteiger partial charge in [-0.1, -0.05) is 25.0 Å². The molecule has 0 bridgehead atoms. The van der Waals surface area contributed by atoms with Crippen LogP contribution in [-0.2, 0) is 31.5 Å². The maximum Gasteiger partial charge on any atom is 0.573 e. The summed E-state index contributed by atoms with van der Waals surface area (Å²) < 4.78 is 94.2. The molecule has 1 saturated heterocycles. The second kappa shape index (κ2) is 15.8. The number of nitrogens with one attached hydrogen (secondary N) is 2. The number of amides is 3. The van der Waals surface area contributed by atoms with Gasteiger partial charge in [-0.2, -0.15) is 5.10 Å². The summed E-state index contributed by atoms with van der Waals surface area (Å²) in [5.41, 5.74) is -1.25. The predicted molar refractivity (Wildman–Crippen MR) is 207 cm³/mol. The van der Waals surface area contributed by atoms with Crippen molar-refractivity contribution in [1.29, 1.82) is 0 Å². The lowest BCUT2D eigenvalue weighted by Crippen LogP contribution is -2.52. The van der Waals surface area contributed by atoms with E-state index in [0.29, 0.717) is 37.5 Å². The number of benzene rings is 2. The molecular formula is C41H42F4N6O8S. The number of alkyl halides is 3. The third kappa shape index (κ3) is 8.67. The minimum Gasteiger partial charge on any atom is -0.472 e. The van der Waals surface area contributed by atoms with Crippen molar-refractivity contribution in [1.82, 2.24) is 29.7 Å². The number of carbonyl (C=O) groups excluding carboxylic acids is 4. The topological polar surface area (TPSA) is 179 Å². The molecule has 19 heteroatoms. The molecule has 4 aliphatic rings. The molecule has 2 N–H and O–H groups in total. The van der Waals surface area contributed by atoms with Gasteiger partial charge in [-0.15, -0.1) is 13.2 Å². The lowest BCUT2D eigenvalue weighted by Gasteiger charge is -2.29. The van der Waals surface area contributed by atoms with Crippen LogP contribution in [0.4, 0.5) is 17.6 Å². The molecule has 4 aromatic rings. The minimum absolute atomic E-state index is 0.0564. The molecule has 2 saturated carbocycles. The van der Waals surface area contributed by atoms with E-state index in [2.05, 4.69) is 24.9 Å². The van der Waals surface area contributed by atoms with Gasteiger partial charge in [0, 0.05) is 48.3 Å². The van der Waals surface area contributed by atoms with Crippen LogP contribution in [0.5, 0.6) is 11.6 Å². The molecule has 4 heterocycles. The molecule has 318 valence electrons. The van der Waals surface area contributed by atoms with E-state index in [-0.39, 0.29) is 53.7 Å². The number of pyridine rings is 1. The first-order chi connectivity index (χ1) is 28.5. The van der Waals surface area contributed by atoms with Crippen LogP contribution in [0, 0.1) is 17.2 Å². The molecule has 0 spiro atoms. The summed E-state index contributed by atoms with van der Waals surface area (Å²) in [6, 6.07) is 6.32. The van der Waals surface area contributed by atoms with Crippen LogP contribution in [0.3, 0.4) is 0 Å². The highest BCUT2D eigenvalue weighted by molar-refractivity contribution is 7.90. The van der Waals surface area contributed by atoms with Crippen LogP contribution < -0.4 is 19.5 Å². The van der Waals surface area contributed by atoms with Gasteiger partial charge in [-0.3, -0.25) is 28.6 Å². The Morgan fingerprint density at radius 1 is 0.983 bits per heavy atom. The Morgan fingerprint density at radius 3 is 2.50 bits per heavy atom. The molecule has 2 aliphatic carbocycles. The molecule has 0 radical (unpaired) electrons. The highest BCUT2D eigenvalue weighted by atomic mass is 32.2. The average molecular weight is 855 g/mol. The zero-order valence-electron chi connectivity index (χ0n) is 32.4. The number of Topliss-reactive ketones (excluding diaryl/α,β-unsaturated/α-hetero) is 1. The number of hydrogen-bond acceptors (Lipinski definition) is 10. The number of fused-ring (bicyclic) bond motifs is 5. The number of allylic oxidation sites excluding steroid dienone is 2. The maximum absolute atomic E-state index is 14.7. The predicted octanol–water partition coefficient (Wildman–Crippen LogP) is 5.40. The number of sulfonamides is 1. The van der Waals surface area contributed by atoms with Crippen LogP contribution in [0.1, 0.15) is 74.7 Å².